The molecule has 2 rings (SSSR count). The minimum atomic E-state index is -0.363. The van der Waals surface area contributed by atoms with Crippen LogP contribution >= 0.6 is 0 Å². The van der Waals surface area contributed by atoms with Crippen molar-refractivity contribution in [3.05, 3.63) is 66.2 Å². The zero-order valence-electron chi connectivity index (χ0n) is 9.71. The summed E-state index contributed by atoms with van der Waals surface area (Å²) >= 11 is 0. The number of rotatable bonds is 5. The summed E-state index contributed by atoms with van der Waals surface area (Å²) in [4.78, 5) is 0. The van der Waals surface area contributed by atoms with Crippen molar-refractivity contribution >= 4 is 5.69 Å². The number of benzene rings is 2. The van der Waals surface area contributed by atoms with Gasteiger partial charge in [-0.1, -0.05) is 48.5 Å². The van der Waals surface area contributed by atoms with E-state index in [1.807, 2.05) is 60.7 Å². The third kappa shape index (κ3) is 3.93. The van der Waals surface area contributed by atoms with Crippen molar-refractivity contribution in [1.29, 1.82) is 0 Å². The largest absolute Gasteiger partial charge is 0.391 e. The van der Waals surface area contributed by atoms with E-state index in [0.717, 1.165) is 11.3 Å². The average Bonchev–Trinajstić information content (AvgIpc) is 2.39. The van der Waals surface area contributed by atoms with Gasteiger partial charge in [0.15, 0.2) is 0 Å². The van der Waals surface area contributed by atoms with E-state index in [-0.39, 0.29) is 6.10 Å². The molecule has 0 aliphatic rings. The molecule has 0 saturated carbocycles. The van der Waals surface area contributed by atoms with Gasteiger partial charge < -0.3 is 10.4 Å². The first-order valence-electron chi connectivity index (χ1n) is 5.85. The molecule has 0 aliphatic carbocycles. The first-order valence-corrected chi connectivity index (χ1v) is 5.85. The van der Waals surface area contributed by atoms with Crippen LogP contribution in [0.2, 0.25) is 0 Å². The zero-order chi connectivity index (χ0) is 11.9. The molecule has 2 N–H and O–H groups in total. The minimum absolute atomic E-state index is 0.363. The molecule has 0 aromatic heterocycles. The molecular weight excluding hydrogens is 210 g/mol. The molecule has 0 spiro atoms. The molecule has 0 aliphatic heterocycles. The summed E-state index contributed by atoms with van der Waals surface area (Å²) in [5.41, 5.74) is 2.20. The fourth-order valence-electron chi connectivity index (χ4n) is 1.75. The maximum absolute atomic E-state index is 9.90. The van der Waals surface area contributed by atoms with Gasteiger partial charge in [-0.3, -0.25) is 0 Å². The SMILES string of the molecule is OC(CNc1ccccc1)Cc1ccccc1. The third-order valence-electron chi connectivity index (χ3n) is 2.63. The van der Waals surface area contributed by atoms with Crippen molar-refractivity contribution in [2.45, 2.75) is 12.5 Å². The van der Waals surface area contributed by atoms with Crippen molar-refractivity contribution in [1.82, 2.24) is 0 Å². The molecule has 2 nitrogen and oxygen atoms in total. The van der Waals surface area contributed by atoms with Crippen LogP contribution in [0.25, 0.3) is 0 Å². The normalized spacial score (nSPS) is 12.1. The molecular formula is C15H17NO. The summed E-state index contributed by atoms with van der Waals surface area (Å²) < 4.78 is 0. The monoisotopic (exact) mass is 227 g/mol. The van der Waals surface area contributed by atoms with E-state index in [4.69, 9.17) is 0 Å². The van der Waals surface area contributed by atoms with E-state index in [9.17, 15) is 5.11 Å². The van der Waals surface area contributed by atoms with E-state index < -0.39 is 0 Å². The summed E-state index contributed by atoms with van der Waals surface area (Å²) in [5.74, 6) is 0. The number of aliphatic hydroxyl groups excluding tert-OH is 1. The third-order valence-corrected chi connectivity index (χ3v) is 2.63. The van der Waals surface area contributed by atoms with Crippen LogP contribution in [0.15, 0.2) is 60.7 Å². The second-order valence-electron chi connectivity index (χ2n) is 4.09. The van der Waals surface area contributed by atoms with Gasteiger partial charge in [-0.05, 0) is 17.7 Å². The van der Waals surface area contributed by atoms with Gasteiger partial charge in [-0.15, -0.1) is 0 Å². The molecule has 2 aromatic carbocycles. The molecule has 0 bridgehead atoms. The summed E-state index contributed by atoms with van der Waals surface area (Å²) in [7, 11) is 0. The molecule has 1 atom stereocenters. The van der Waals surface area contributed by atoms with E-state index in [1.165, 1.54) is 0 Å². The van der Waals surface area contributed by atoms with Gasteiger partial charge in [0.25, 0.3) is 0 Å². The number of anilines is 1. The fourth-order valence-corrected chi connectivity index (χ4v) is 1.75. The Kier molecular flexibility index (Phi) is 4.17. The van der Waals surface area contributed by atoms with Crippen LogP contribution in [0.5, 0.6) is 0 Å². The highest BCUT2D eigenvalue weighted by Crippen LogP contribution is 2.07. The first-order chi connectivity index (χ1) is 8.34. The Bertz CT molecular complexity index is 427. The number of para-hydroxylation sites is 1. The smallest absolute Gasteiger partial charge is 0.0752 e. The van der Waals surface area contributed by atoms with Crippen molar-refractivity contribution in [3.63, 3.8) is 0 Å². The van der Waals surface area contributed by atoms with E-state index in [2.05, 4.69) is 5.32 Å². The number of aliphatic hydroxyl groups is 1. The maximum atomic E-state index is 9.90. The van der Waals surface area contributed by atoms with Gasteiger partial charge in [-0.25, -0.2) is 0 Å². The highest BCUT2D eigenvalue weighted by Gasteiger charge is 2.04. The first kappa shape index (κ1) is 11.7. The van der Waals surface area contributed by atoms with Crippen LogP contribution in [0.3, 0.4) is 0 Å². The Morgan fingerprint density at radius 3 is 2.12 bits per heavy atom. The molecule has 2 aromatic rings. The lowest BCUT2D eigenvalue weighted by Gasteiger charge is -2.12. The van der Waals surface area contributed by atoms with Crippen LogP contribution in [0, 0.1) is 0 Å². The molecule has 0 amide bonds. The Labute approximate surface area is 102 Å². The predicted molar refractivity (Wildman–Crippen MR) is 71.1 cm³/mol. The van der Waals surface area contributed by atoms with Crippen LogP contribution < -0.4 is 5.32 Å². The summed E-state index contributed by atoms with van der Waals surface area (Å²) in [6.07, 6.45) is 0.318. The Balaban J connectivity index is 1.80. The molecule has 0 saturated heterocycles. The lowest BCUT2D eigenvalue weighted by molar-refractivity contribution is 0.188. The molecule has 1 unspecified atom stereocenters. The zero-order valence-corrected chi connectivity index (χ0v) is 9.71. The molecule has 0 radical (unpaired) electrons. The number of nitrogens with one attached hydrogen (secondary N) is 1. The van der Waals surface area contributed by atoms with Crippen LogP contribution in [0.1, 0.15) is 5.56 Å². The van der Waals surface area contributed by atoms with E-state index in [1.54, 1.807) is 0 Å². The van der Waals surface area contributed by atoms with Gasteiger partial charge >= 0.3 is 0 Å². The minimum Gasteiger partial charge on any atom is -0.391 e. The van der Waals surface area contributed by atoms with Crippen molar-refractivity contribution in [2.75, 3.05) is 11.9 Å². The Morgan fingerprint density at radius 1 is 0.882 bits per heavy atom. The summed E-state index contributed by atoms with van der Waals surface area (Å²) in [6.45, 7) is 0.568. The molecule has 17 heavy (non-hydrogen) atoms. The highest BCUT2D eigenvalue weighted by molar-refractivity contribution is 5.42. The second-order valence-corrected chi connectivity index (χ2v) is 4.09. The van der Waals surface area contributed by atoms with Gasteiger partial charge in [0, 0.05) is 18.7 Å². The van der Waals surface area contributed by atoms with Gasteiger partial charge in [-0.2, -0.15) is 0 Å². The molecule has 2 heteroatoms. The lowest BCUT2D eigenvalue weighted by Crippen LogP contribution is -2.21. The lowest BCUT2D eigenvalue weighted by atomic mass is 10.1. The van der Waals surface area contributed by atoms with Gasteiger partial charge in [0.2, 0.25) is 0 Å². The molecule has 0 heterocycles. The molecule has 88 valence electrons. The number of hydrogen-bond donors (Lipinski definition) is 2. The molecule has 0 fully saturated rings. The van der Waals surface area contributed by atoms with Crippen LogP contribution in [0.4, 0.5) is 5.69 Å². The maximum Gasteiger partial charge on any atom is 0.0752 e. The van der Waals surface area contributed by atoms with E-state index >= 15 is 0 Å². The van der Waals surface area contributed by atoms with Crippen molar-refractivity contribution < 1.29 is 5.11 Å². The summed E-state index contributed by atoms with van der Waals surface area (Å²) in [6, 6.07) is 20.0. The number of hydrogen-bond acceptors (Lipinski definition) is 2. The van der Waals surface area contributed by atoms with Crippen molar-refractivity contribution in [3.8, 4) is 0 Å². The van der Waals surface area contributed by atoms with Crippen LogP contribution in [-0.2, 0) is 6.42 Å². The van der Waals surface area contributed by atoms with Gasteiger partial charge in [0.05, 0.1) is 6.10 Å². The van der Waals surface area contributed by atoms with Crippen LogP contribution in [-0.4, -0.2) is 17.8 Å². The Hall–Kier alpha value is -1.80. The van der Waals surface area contributed by atoms with Crippen molar-refractivity contribution in [2.24, 2.45) is 0 Å². The summed E-state index contributed by atoms with van der Waals surface area (Å²) in [5, 5.41) is 13.1. The second kappa shape index (κ2) is 6.06. The topological polar surface area (TPSA) is 32.3 Å². The predicted octanol–water partition coefficient (Wildman–Crippen LogP) is 2.70. The quantitative estimate of drug-likeness (QED) is 0.823. The standard InChI is InChI=1S/C15H17NO/c17-15(11-13-7-3-1-4-8-13)12-16-14-9-5-2-6-10-14/h1-10,15-17H,11-12H2. The Morgan fingerprint density at radius 2 is 1.47 bits per heavy atom. The van der Waals surface area contributed by atoms with Gasteiger partial charge in [0.1, 0.15) is 0 Å². The fraction of sp³-hybridized carbons (Fsp3) is 0.200. The average molecular weight is 227 g/mol. The highest BCUT2D eigenvalue weighted by atomic mass is 16.3. The van der Waals surface area contributed by atoms with E-state index in [0.29, 0.717) is 13.0 Å².